The molecule has 3 aromatic rings. The number of hydrogen-bond acceptors (Lipinski definition) is 6. The van der Waals surface area contributed by atoms with Gasteiger partial charge in [-0.2, -0.15) is 0 Å². The molecule has 1 unspecified atom stereocenters. The van der Waals surface area contributed by atoms with Crippen LogP contribution in [0.1, 0.15) is 57.0 Å². The van der Waals surface area contributed by atoms with Gasteiger partial charge in [0, 0.05) is 28.5 Å². The van der Waals surface area contributed by atoms with Crippen molar-refractivity contribution in [3.8, 4) is 5.75 Å². The zero-order chi connectivity index (χ0) is 22.6. The average Bonchev–Trinajstić information content (AvgIpc) is 3.33. The van der Waals surface area contributed by atoms with Gasteiger partial charge in [0.25, 0.3) is 0 Å². The molecule has 1 atom stereocenters. The summed E-state index contributed by atoms with van der Waals surface area (Å²) in [4.78, 5) is 16.1. The second-order valence-corrected chi connectivity index (χ2v) is 9.51. The molecule has 0 spiro atoms. The van der Waals surface area contributed by atoms with Crippen LogP contribution in [0.3, 0.4) is 0 Å². The number of fused-ring (bicyclic) bond motifs is 1. The molecule has 0 aliphatic carbocycles. The molecular weight excluding hydrogens is 414 g/mol. The van der Waals surface area contributed by atoms with Crippen LogP contribution in [0, 0.1) is 6.92 Å². The number of thiophene rings is 1. The summed E-state index contributed by atoms with van der Waals surface area (Å²) >= 11 is 1.59. The van der Waals surface area contributed by atoms with Crippen molar-refractivity contribution in [2.75, 3.05) is 13.2 Å². The van der Waals surface area contributed by atoms with E-state index in [-0.39, 0.29) is 5.41 Å². The largest absolute Gasteiger partial charge is 0.493 e. The van der Waals surface area contributed by atoms with Crippen LogP contribution in [0.25, 0.3) is 10.1 Å². The van der Waals surface area contributed by atoms with E-state index >= 15 is 0 Å². The number of nitrogens with zero attached hydrogens (tertiary/aromatic N) is 1. The summed E-state index contributed by atoms with van der Waals surface area (Å²) in [7, 11) is 0. The molecule has 0 aliphatic rings. The molecule has 0 saturated carbocycles. The third-order valence-electron chi connectivity index (χ3n) is 5.06. The Bertz CT molecular complexity index is 1030. The lowest BCUT2D eigenvalue weighted by molar-refractivity contribution is -0.149. The molecule has 0 aliphatic heterocycles. The van der Waals surface area contributed by atoms with Gasteiger partial charge in [0.2, 0.25) is 0 Å². The van der Waals surface area contributed by atoms with Crippen molar-refractivity contribution in [1.29, 1.82) is 0 Å². The standard InChI is InChI=1S/C24H31NO5S/c1-6-28-20(22(26)27)14-16-9-10-19(17-11-13-31-21(16)17)29-12-7-8-18-15(2)30-23(25-18)24(3,4)5/h9-11,13,20H,6-8,12,14H2,1-5H3,(H,26,27). The van der Waals surface area contributed by atoms with Gasteiger partial charge in [-0.05, 0) is 49.8 Å². The van der Waals surface area contributed by atoms with Crippen molar-refractivity contribution in [3.05, 3.63) is 46.5 Å². The van der Waals surface area contributed by atoms with Gasteiger partial charge in [-0.25, -0.2) is 9.78 Å². The SMILES string of the molecule is CCOC(Cc1ccc(OCCCc2nc(C(C)(C)C)oc2C)c2ccsc12)C(=O)O. The van der Waals surface area contributed by atoms with E-state index in [1.54, 1.807) is 18.3 Å². The molecule has 1 N–H and O–H groups in total. The monoisotopic (exact) mass is 445 g/mol. The summed E-state index contributed by atoms with van der Waals surface area (Å²) < 4.78 is 18.3. The molecule has 0 bridgehead atoms. The first-order valence-corrected chi connectivity index (χ1v) is 11.5. The van der Waals surface area contributed by atoms with Crippen molar-refractivity contribution in [2.45, 2.75) is 65.4 Å². The minimum Gasteiger partial charge on any atom is -0.493 e. The normalized spacial score (nSPS) is 12.9. The summed E-state index contributed by atoms with van der Waals surface area (Å²) in [6, 6.07) is 5.89. The van der Waals surface area contributed by atoms with Gasteiger partial charge in [0.15, 0.2) is 12.0 Å². The Morgan fingerprint density at radius 3 is 2.71 bits per heavy atom. The van der Waals surface area contributed by atoms with E-state index in [2.05, 4.69) is 25.8 Å². The summed E-state index contributed by atoms with van der Waals surface area (Å²) in [6.45, 7) is 11.0. The Kier molecular flexibility index (Phi) is 7.38. The summed E-state index contributed by atoms with van der Waals surface area (Å²) in [5, 5.41) is 12.4. The minimum absolute atomic E-state index is 0.104. The van der Waals surface area contributed by atoms with Crippen LogP contribution < -0.4 is 4.74 Å². The molecule has 7 heteroatoms. The second kappa shape index (κ2) is 9.83. The van der Waals surface area contributed by atoms with Gasteiger partial charge >= 0.3 is 5.97 Å². The van der Waals surface area contributed by atoms with Gasteiger partial charge < -0.3 is 19.0 Å². The van der Waals surface area contributed by atoms with Crippen LogP contribution >= 0.6 is 11.3 Å². The van der Waals surface area contributed by atoms with Gasteiger partial charge in [-0.15, -0.1) is 11.3 Å². The highest BCUT2D eigenvalue weighted by atomic mass is 32.1. The van der Waals surface area contributed by atoms with Crippen molar-refractivity contribution in [3.63, 3.8) is 0 Å². The molecule has 0 radical (unpaired) electrons. The van der Waals surface area contributed by atoms with E-state index in [1.165, 1.54) is 0 Å². The van der Waals surface area contributed by atoms with Crippen LogP contribution in [-0.2, 0) is 27.8 Å². The Morgan fingerprint density at radius 1 is 1.29 bits per heavy atom. The first-order valence-electron chi connectivity index (χ1n) is 10.6. The molecule has 6 nitrogen and oxygen atoms in total. The lowest BCUT2D eigenvalue weighted by atomic mass is 9.97. The Morgan fingerprint density at radius 2 is 2.06 bits per heavy atom. The molecule has 1 aromatic carbocycles. The molecule has 168 valence electrons. The van der Waals surface area contributed by atoms with E-state index in [0.29, 0.717) is 19.6 Å². The Hall–Kier alpha value is -2.38. The van der Waals surface area contributed by atoms with E-state index in [1.807, 2.05) is 30.5 Å². The zero-order valence-electron chi connectivity index (χ0n) is 18.9. The van der Waals surface area contributed by atoms with Crippen LogP contribution in [0.5, 0.6) is 5.75 Å². The maximum atomic E-state index is 11.4. The smallest absolute Gasteiger partial charge is 0.333 e. The maximum Gasteiger partial charge on any atom is 0.333 e. The first kappa shape index (κ1) is 23.3. The van der Waals surface area contributed by atoms with Crippen LogP contribution in [0.4, 0.5) is 0 Å². The summed E-state index contributed by atoms with van der Waals surface area (Å²) in [5.41, 5.74) is 1.85. The maximum absolute atomic E-state index is 11.4. The average molecular weight is 446 g/mol. The van der Waals surface area contributed by atoms with Gasteiger partial charge in [0.1, 0.15) is 11.5 Å². The van der Waals surface area contributed by atoms with Gasteiger partial charge in [0.05, 0.1) is 12.3 Å². The second-order valence-electron chi connectivity index (χ2n) is 8.60. The molecule has 3 rings (SSSR count). The fraction of sp³-hybridized carbons (Fsp3) is 0.500. The van der Waals surface area contributed by atoms with E-state index in [0.717, 1.165) is 51.6 Å². The van der Waals surface area contributed by atoms with E-state index < -0.39 is 12.1 Å². The third kappa shape index (κ3) is 5.66. The Labute approximate surface area is 187 Å². The number of ether oxygens (including phenoxy) is 2. The van der Waals surface area contributed by atoms with E-state index in [9.17, 15) is 9.90 Å². The highest BCUT2D eigenvalue weighted by Crippen LogP contribution is 2.34. The van der Waals surface area contributed by atoms with Crippen molar-refractivity contribution < 1.29 is 23.8 Å². The molecule has 0 amide bonds. The van der Waals surface area contributed by atoms with E-state index in [4.69, 9.17) is 13.9 Å². The first-order chi connectivity index (χ1) is 14.7. The number of aromatic nitrogens is 1. The minimum atomic E-state index is -0.940. The molecule has 0 fully saturated rings. The number of oxazole rings is 1. The molecule has 2 heterocycles. The fourth-order valence-electron chi connectivity index (χ4n) is 3.40. The molecule has 0 saturated heterocycles. The zero-order valence-corrected chi connectivity index (χ0v) is 19.7. The number of aliphatic carboxylic acids is 1. The predicted molar refractivity (Wildman–Crippen MR) is 122 cm³/mol. The van der Waals surface area contributed by atoms with Crippen molar-refractivity contribution in [1.82, 2.24) is 4.98 Å². The fourth-order valence-corrected chi connectivity index (χ4v) is 4.34. The predicted octanol–water partition coefficient (Wildman–Crippen LogP) is 5.54. The molecule has 31 heavy (non-hydrogen) atoms. The Balaban J connectivity index is 1.64. The van der Waals surface area contributed by atoms with Crippen molar-refractivity contribution >= 4 is 27.4 Å². The van der Waals surface area contributed by atoms with Crippen LogP contribution in [0.2, 0.25) is 0 Å². The highest BCUT2D eigenvalue weighted by molar-refractivity contribution is 7.17. The number of hydrogen-bond donors (Lipinski definition) is 1. The molecular formula is C24H31NO5S. The van der Waals surface area contributed by atoms with Gasteiger partial charge in [-0.3, -0.25) is 0 Å². The quantitative estimate of drug-likeness (QED) is 0.413. The summed E-state index contributed by atoms with van der Waals surface area (Å²) in [6.07, 6.45) is 1.12. The van der Waals surface area contributed by atoms with Crippen LogP contribution in [0.15, 0.2) is 28.0 Å². The molecule has 2 aromatic heterocycles. The lowest BCUT2D eigenvalue weighted by Crippen LogP contribution is -2.26. The number of benzene rings is 1. The summed E-state index contributed by atoms with van der Waals surface area (Å²) in [5.74, 6) is 1.51. The number of carboxylic acids is 1. The lowest BCUT2D eigenvalue weighted by Gasteiger charge is -2.14. The number of carbonyl (C=O) groups is 1. The third-order valence-corrected chi connectivity index (χ3v) is 6.05. The highest BCUT2D eigenvalue weighted by Gasteiger charge is 2.22. The number of rotatable bonds is 10. The van der Waals surface area contributed by atoms with Gasteiger partial charge in [-0.1, -0.05) is 26.8 Å². The van der Waals surface area contributed by atoms with Crippen molar-refractivity contribution in [2.24, 2.45) is 0 Å². The topological polar surface area (TPSA) is 81.8 Å². The number of aryl methyl sites for hydroxylation is 2. The number of carboxylic acid groups (broad SMARTS) is 1. The van der Waals surface area contributed by atoms with Crippen LogP contribution in [-0.4, -0.2) is 35.4 Å².